The van der Waals surface area contributed by atoms with Gasteiger partial charge in [0.05, 0.1) is 0 Å². The van der Waals surface area contributed by atoms with E-state index in [1.165, 1.54) is 6.92 Å². The molecule has 52 valence electrons. The number of allylic oxidation sites excluding steroid dienone is 1. The van der Waals surface area contributed by atoms with Crippen molar-refractivity contribution in [1.29, 1.82) is 0 Å². The second-order valence-electron chi connectivity index (χ2n) is 1.38. The Morgan fingerprint density at radius 3 is 2.44 bits per heavy atom. The van der Waals surface area contributed by atoms with Crippen molar-refractivity contribution in [3.05, 3.63) is 11.5 Å². The highest BCUT2D eigenvalue weighted by Gasteiger charge is 1.98. The molecule has 2 N–H and O–H groups in total. The Labute approximate surface area is 52.4 Å². The Bertz CT molecular complexity index is 123. The molecule has 0 fully saturated rings. The minimum Gasteiger partial charge on any atom is -0.509 e. The molecule has 0 rings (SSSR count). The first-order chi connectivity index (χ1) is 4.22. The summed E-state index contributed by atoms with van der Waals surface area (Å²) in [4.78, 5) is 9.60. The van der Waals surface area contributed by atoms with Crippen LogP contribution in [0.3, 0.4) is 0 Å². The van der Waals surface area contributed by atoms with Crippen LogP contribution in [0.1, 0.15) is 6.92 Å². The Morgan fingerprint density at radius 1 is 1.78 bits per heavy atom. The highest BCUT2D eigenvalue weighted by Crippen LogP contribution is 1.98. The van der Waals surface area contributed by atoms with Gasteiger partial charge in [0.1, 0.15) is 12.4 Å². The van der Waals surface area contributed by atoms with Crippen LogP contribution in [0.15, 0.2) is 11.5 Å². The van der Waals surface area contributed by atoms with Crippen LogP contribution in [-0.2, 0) is 9.53 Å². The number of aliphatic hydroxyl groups is 2. The zero-order valence-corrected chi connectivity index (χ0v) is 5.00. The topological polar surface area (TPSA) is 66.8 Å². The molecule has 4 heteroatoms. The average Bonchev–Trinajstić information content (AvgIpc) is 1.82. The van der Waals surface area contributed by atoms with Gasteiger partial charge >= 0.3 is 0 Å². The van der Waals surface area contributed by atoms with Gasteiger partial charge in [0.15, 0.2) is 5.76 Å². The van der Waals surface area contributed by atoms with E-state index in [4.69, 9.17) is 10.2 Å². The van der Waals surface area contributed by atoms with E-state index in [0.29, 0.717) is 0 Å². The van der Waals surface area contributed by atoms with E-state index in [1.54, 1.807) is 0 Å². The fraction of sp³-hybridized carbons (Fsp3) is 0.400. The Hall–Kier alpha value is -1.03. The molecule has 0 aliphatic carbocycles. The molecule has 0 amide bonds. The van der Waals surface area contributed by atoms with Gasteiger partial charge in [-0.1, -0.05) is 0 Å². The summed E-state index contributed by atoms with van der Waals surface area (Å²) < 4.78 is 4.15. The fourth-order valence-electron chi connectivity index (χ4n) is 0.295. The zero-order valence-electron chi connectivity index (χ0n) is 5.00. The smallest absolute Gasteiger partial charge is 0.298 e. The Morgan fingerprint density at radius 2 is 2.33 bits per heavy atom. The van der Waals surface area contributed by atoms with Gasteiger partial charge in [-0.3, -0.25) is 4.79 Å². The first-order valence-corrected chi connectivity index (χ1v) is 2.32. The normalized spacial score (nSPS) is 12.2. The first kappa shape index (κ1) is 7.97. The van der Waals surface area contributed by atoms with E-state index in [-0.39, 0.29) is 18.0 Å². The summed E-state index contributed by atoms with van der Waals surface area (Å²) in [5.74, 6) is -0.311. The molecule has 0 radical (unpaired) electrons. The van der Waals surface area contributed by atoms with Crippen molar-refractivity contribution in [3.63, 3.8) is 0 Å². The maximum absolute atomic E-state index is 9.60. The third kappa shape index (κ3) is 2.71. The lowest BCUT2D eigenvalue weighted by molar-refractivity contribution is -0.126. The zero-order chi connectivity index (χ0) is 7.28. The van der Waals surface area contributed by atoms with Gasteiger partial charge in [0, 0.05) is 0 Å². The van der Waals surface area contributed by atoms with Crippen LogP contribution in [-0.4, -0.2) is 23.3 Å². The van der Waals surface area contributed by atoms with Crippen molar-refractivity contribution in [1.82, 2.24) is 0 Å². The third-order valence-electron chi connectivity index (χ3n) is 0.738. The number of carbonyl (C=O) groups is 1. The van der Waals surface area contributed by atoms with Gasteiger partial charge in [0.25, 0.3) is 6.47 Å². The summed E-state index contributed by atoms with van der Waals surface area (Å²) in [5, 5.41) is 16.9. The first-order valence-electron chi connectivity index (χ1n) is 2.32. The summed E-state index contributed by atoms with van der Waals surface area (Å²) in [6.45, 7) is 0.988. The number of ether oxygens (including phenoxy) is 1. The molecule has 0 unspecified atom stereocenters. The van der Waals surface area contributed by atoms with E-state index < -0.39 is 6.61 Å². The van der Waals surface area contributed by atoms with Crippen LogP contribution in [0.5, 0.6) is 0 Å². The third-order valence-corrected chi connectivity index (χ3v) is 0.738. The van der Waals surface area contributed by atoms with Crippen molar-refractivity contribution in [2.75, 3.05) is 6.61 Å². The lowest BCUT2D eigenvalue weighted by Gasteiger charge is -1.99. The number of aliphatic hydroxyl groups excluding tert-OH is 2. The van der Waals surface area contributed by atoms with Crippen LogP contribution >= 0.6 is 0 Å². The summed E-state index contributed by atoms with van der Waals surface area (Å²) in [6, 6.07) is 0. The SMILES string of the molecule is C/C(O)=C(\CO)OC=O. The molecule has 9 heavy (non-hydrogen) atoms. The number of hydrogen-bond acceptors (Lipinski definition) is 4. The number of hydrogen-bond donors (Lipinski definition) is 2. The Kier molecular flexibility index (Phi) is 3.46. The molecular formula is C5H8O4. The molecule has 0 aliphatic heterocycles. The van der Waals surface area contributed by atoms with Crippen molar-refractivity contribution in [3.8, 4) is 0 Å². The summed E-state index contributed by atoms with van der Waals surface area (Å²) in [7, 11) is 0. The second-order valence-corrected chi connectivity index (χ2v) is 1.38. The molecule has 0 bridgehead atoms. The molecule has 0 atom stereocenters. The molecule has 0 spiro atoms. The van der Waals surface area contributed by atoms with Crippen molar-refractivity contribution < 1.29 is 19.7 Å². The van der Waals surface area contributed by atoms with E-state index in [2.05, 4.69) is 4.74 Å². The molecule has 0 aromatic rings. The highest BCUT2D eigenvalue weighted by molar-refractivity contribution is 5.40. The van der Waals surface area contributed by atoms with Crippen LogP contribution < -0.4 is 0 Å². The van der Waals surface area contributed by atoms with Gasteiger partial charge < -0.3 is 14.9 Å². The predicted octanol–water partition coefficient (Wildman–Crippen LogP) is -0.0588. The molecule has 0 aliphatic rings. The van der Waals surface area contributed by atoms with Gasteiger partial charge in [-0.2, -0.15) is 0 Å². The molecule has 0 saturated carbocycles. The van der Waals surface area contributed by atoms with Gasteiger partial charge in [-0.05, 0) is 6.92 Å². The van der Waals surface area contributed by atoms with Crippen molar-refractivity contribution in [2.45, 2.75) is 6.92 Å². The van der Waals surface area contributed by atoms with Crippen LogP contribution in [0.2, 0.25) is 0 Å². The average molecular weight is 132 g/mol. The minimum absolute atomic E-state index is 0.120. The highest BCUT2D eigenvalue weighted by atomic mass is 16.5. The summed E-state index contributed by atoms with van der Waals surface area (Å²) in [6.07, 6.45) is 0. The molecule has 4 nitrogen and oxygen atoms in total. The molecule has 0 aromatic heterocycles. The maximum atomic E-state index is 9.60. The van der Waals surface area contributed by atoms with Crippen LogP contribution in [0.25, 0.3) is 0 Å². The molecule has 0 saturated heterocycles. The standard InChI is InChI=1S/C5H8O4/c1-4(8)5(2-6)9-3-7/h3,6,8H,2H2,1H3/b5-4-. The number of rotatable bonds is 3. The lowest BCUT2D eigenvalue weighted by Crippen LogP contribution is -1.98. The van der Waals surface area contributed by atoms with Crippen molar-refractivity contribution >= 4 is 6.47 Å². The van der Waals surface area contributed by atoms with E-state index in [0.717, 1.165) is 0 Å². The van der Waals surface area contributed by atoms with Gasteiger partial charge in [-0.25, -0.2) is 0 Å². The van der Waals surface area contributed by atoms with E-state index in [9.17, 15) is 4.79 Å². The Balaban J connectivity index is 3.97. The van der Waals surface area contributed by atoms with Crippen molar-refractivity contribution in [2.24, 2.45) is 0 Å². The quantitative estimate of drug-likeness (QED) is 0.417. The van der Waals surface area contributed by atoms with E-state index >= 15 is 0 Å². The van der Waals surface area contributed by atoms with Gasteiger partial charge in [-0.15, -0.1) is 0 Å². The predicted molar refractivity (Wildman–Crippen MR) is 29.6 cm³/mol. The summed E-state index contributed by atoms with van der Waals surface area (Å²) in [5.41, 5.74) is 0. The molecule has 0 heterocycles. The fourth-order valence-corrected chi connectivity index (χ4v) is 0.295. The number of carbonyl (C=O) groups excluding carboxylic acids is 1. The largest absolute Gasteiger partial charge is 0.509 e. The summed E-state index contributed by atoms with van der Waals surface area (Å²) >= 11 is 0. The monoisotopic (exact) mass is 132 g/mol. The lowest BCUT2D eigenvalue weighted by atomic mass is 10.4. The van der Waals surface area contributed by atoms with Crippen LogP contribution in [0.4, 0.5) is 0 Å². The molecule has 0 aromatic carbocycles. The van der Waals surface area contributed by atoms with E-state index in [1.807, 2.05) is 0 Å². The molecular weight excluding hydrogens is 124 g/mol. The van der Waals surface area contributed by atoms with Gasteiger partial charge in [0.2, 0.25) is 0 Å². The second kappa shape index (κ2) is 3.91. The maximum Gasteiger partial charge on any atom is 0.298 e. The van der Waals surface area contributed by atoms with Crippen LogP contribution in [0, 0.1) is 0 Å². The minimum atomic E-state index is -0.471.